The number of nitrogens with zero attached hydrogens (tertiary/aromatic N) is 2. The van der Waals surface area contributed by atoms with Crippen LogP contribution in [-0.4, -0.2) is 44.7 Å². The third kappa shape index (κ3) is 8.33. The number of rotatable bonds is 13. The number of ether oxygens (including phenoxy) is 3. The number of esters is 2. The molecule has 0 heterocycles. The van der Waals surface area contributed by atoms with Crippen LogP contribution in [0.25, 0.3) is 0 Å². The molecule has 4 aromatic carbocycles. The van der Waals surface area contributed by atoms with Gasteiger partial charge >= 0.3 is 11.9 Å². The van der Waals surface area contributed by atoms with E-state index in [9.17, 15) is 14.4 Å². The van der Waals surface area contributed by atoms with Gasteiger partial charge in [-0.3, -0.25) is 9.59 Å². The summed E-state index contributed by atoms with van der Waals surface area (Å²) in [6.45, 7) is 7.89. The van der Waals surface area contributed by atoms with Crippen molar-refractivity contribution in [3.8, 4) is 11.5 Å². The summed E-state index contributed by atoms with van der Waals surface area (Å²) in [7, 11) is 3.10. The Hall–Kier alpha value is -5.11. The quantitative estimate of drug-likeness (QED) is 0.142. The van der Waals surface area contributed by atoms with Crippen molar-refractivity contribution in [2.24, 2.45) is 0 Å². The maximum Gasteiger partial charge on any atom is 0.339 e. The summed E-state index contributed by atoms with van der Waals surface area (Å²) in [5.74, 6) is -0.161. The van der Waals surface area contributed by atoms with E-state index >= 15 is 0 Å². The van der Waals surface area contributed by atoms with Crippen molar-refractivity contribution < 1.29 is 28.6 Å². The molecule has 0 spiro atoms. The lowest BCUT2D eigenvalue weighted by atomic mass is 10.0. The van der Waals surface area contributed by atoms with Gasteiger partial charge in [0.2, 0.25) is 5.91 Å². The fraction of sp³-hybridized carbons (Fsp3) is 0.289. The van der Waals surface area contributed by atoms with Gasteiger partial charge in [0.05, 0.1) is 30.9 Å². The van der Waals surface area contributed by atoms with Gasteiger partial charge < -0.3 is 24.0 Å². The summed E-state index contributed by atoms with van der Waals surface area (Å²) in [4.78, 5) is 41.4. The Kier molecular flexibility index (Phi) is 11.6. The number of para-hydroxylation sites is 1. The maximum atomic E-state index is 12.9. The number of benzene rings is 4. The molecule has 0 aliphatic heterocycles. The molecule has 0 bridgehead atoms. The molecule has 8 heteroatoms. The Morgan fingerprint density at radius 1 is 0.848 bits per heavy atom. The van der Waals surface area contributed by atoms with Crippen LogP contribution in [0.2, 0.25) is 0 Å². The second-order valence-electron chi connectivity index (χ2n) is 11.2. The second-order valence-corrected chi connectivity index (χ2v) is 11.2. The highest BCUT2D eigenvalue weighted by molar-refractivity contribution is 5.96. The van der Waals surface area contributed by atoms with Crippen molar-refractivity contribution in [3.05, 3.63) is 119 Å². The highest BCUT2D eigenvalue weighted by Crippen LogP contribution is 2.35. The number of hydrogen-bond donors (Lipinski definition) is 0. The van der Waals surface area contributed by atoms with Crippen LogP contribution >= 0.6 is 0 Å². The van der Waals surface area contributed by atoms with E-state index in [1.807, 2.05) is 78.9 Å². The number of amides is 1. The van der Waals surface area contributed by atoms with Gasteiger partial charge in [-0.15, -0.1) is 0 Å². The van der Waals surface area contributed by atoms with Crippen molar-refractivity contribution in [1.82, 2.24) is 0 Å². The molecule has 1 amide bonds. The van der Waals surface area contributed by atoms with Crippen LogP contribution in [0.15, 0.2) is 97.1 Å². The zero-order chi connectivity index (χ0) is 33.2. The third-order valence-corrected chi connectivity index (χ3v) is 8.00. The Morgan fingerprint density at radius 3 is 2.26 bits per heavy atom. The number of methoxy groups -OCH3 is 1. The van der Waals surface area contributed by atoms with Crippen LogP contribution in [0.1, 0.15) is 60.7 Å². The van der Waals surface area contributed by atoms with E-state index in [1.54, 1.807) is 31.9 Å². The van der Waals surface area contributed by atoms with Crippen LogP contribution in [-0.2, 0) is 32.0 Å². The Balaban J connectivity index is 1.79. The first kappa shape index (κ1) is 33.8. The van der Waals surface area contributed by atoms with Crippen molar-refractivity contribution in [2.75, 3.05) is 30.6 Å². The van der Waals surface area contributed by atoms with Crippen molar-refractivity contribution in [1.29, 1.82) is 0 Å². The fourth-order valence-electron chi connectivity index (χ4n) is 5.29. The van der Waals surface area contributed by atoms with Gasteiger partial charge in [0.1, 0.15) is 11.5 Å². The van der Waals surface area contributed by atoms with Crippen molar-refractivity contribution >= 4 is 29.2 Å². The van der Waals surface area contributed by atoms with E-state index < -0.39 is 11.9 Å². The lowest BCUT2D eigenvalue weighted by Gasteiger charge is -2.34. The molecule has 0 fully saturated rings. The smallest absolute Gasteiger partial charge is 0.339 e. The van der Waals surface area contributed by atoms with Crippen molar-refractivity contribution in [3.63, 3.8) is 0 Å². The molecule has 8 nitrogen and oxygen atoms in total. The van der Waals surface area contributed by atoms with Gasteiger partial charge in [-0.05, 0) is 80.8 Å². The molecule has 0 radical (unpaired) electrons. The molecule has 0 saturated carbocycles. The summed E-state index contributed by atoms with van der Waals surface area (Å²) in [5.41, 5.74) is 4.61. The van der Waals surface area contributed by atoms with E-state index in [-0.39, 0.29) is 17.9 Å². The van der Waals surface area contributed by atoms with Gasteiger partial charge in [-0.2, -0.15) is 0 Å². The van der Waals surface area contributed by atoms with Gasteiger partial charge in [0.15, 0.2) is 0 Å². The SMILES string of the molecule is CCOC(=O)C(C)c1cccc(Oc2ccc(N(C)C(C)=O)cc2CN(c2ccccc2C(=O)OC)[C@@H](C)Cc2ccccc2)c1. The predicted octanol–water partition coefficient (Wildman–Crippen LogP) is 7.55. The number of anilines is 2. The van der Waals surface area contributed by atoms with Gasteiger partial charge in [0.25, 0.3) is 0 Å². The summed E-state index contributed by atoms with van der Waals surface area (Å²) in [5, 5.41) is 0. The molecule has 0 aliphatic carbocycles. The number of carbonyl (C=O) groups is 3. The van der Waals surface area contributed by atoms with E-state index in [1.165, 1.54) is 14.0 Å². The summed E-state index contributed by atoms with van der Waals surface area (Å²) < 4.78 is 16.9. The van der Waals surface area contributed by atoms with Crippen LogP contribution in [0, 0.1) is 0 Å². The van der Waals surface area contributed by atoms with Gasteiger partial charge in [0, 0.05) is 37.8 Å². The topological polar surface area (TPSA) is 85.4 Å². The van der Waals surface area contributed by atoms with E-state index in [2.05, 4.69) is 24.0 Å². The number of hydrogen-bond acceptors (Lipinski definition) is 7. The van der Waals surface area contributed by atoms with Crippen LogP contribution < -0.4 is 14.5 Å². The molecule has 4 aromatic rings. The summed E-state index contributed by atoms with van der Waals surface area (Å²) >= 11 is 0. The predicted molar refractivity (Wildman–Crippen MR) is 181 cm³/mol. The molecule has 0 N–H and O–H groups in total. The monoisotopic (exact) mass is 622 g/mol. The first-order valence-electron chi connectivity index (χ1n) is 15.4. The lowest BCUT2D eigenvalue weighted by molar-refractivity contribution is -0.144. The fourth-order valence-corrected chi connectivity index (χ4v) is 5.29. The molecule has 46 heavy (non-hydrogen) atoms. The minimum atomic E-state index is -0.460. The third-order valence-electron chi connectivity index (χ3n) is 8.00. The Morgan fingerprint density at radius 2 is 1.57 bits per heavy atom. The average Bonchev–Trinajstić information content (AvgIpc) is 3.07. The van der Waals surface area contributed by atoms with Crippen LogP contribution in [0.5, 0.6) is 11.5 Å². The van der Waals surface area contributed by atoms with Gasteiger partial charge in [-0.1, -0.05) is 54.6 Å². The molecule has 0 aromatic heterocycles. The van der Waals surface area contributed by atoms with E-state index in [0.717, 1.165) is 22.4 Å². The molecule has 2 atom stereocenters. The van der Waals surface area contributed by atoms with Gasteiger partial charge in [-0.25, -0.2) is 4.79 Å². The highest BCUT2D eigenvalue weighted by Gasteiger charge is 2.24. The normalized spacial score (nSPS) is 12.0. The summed E-state index contributed by atoms with van der Waals surface area (Å²) in [6.07, 6.45) is 0.716. The van der Waals surface area contributed by atoms with E-state index in [4.69, 9.17) is 14.2 Å². The maximum absolute atomic E-state index is 12.9. The molecule has 4 rings (SSSR count). The lowest BCUT2D eigenvalue weighted by Crippen LogP contribution is -2.35. The molecule has 1 unspecified atom stereocenters. The molecular weight excluding hydrogens is 580 g/mol. The highest BCUT2D eigenvalue weighted by atomic mass is 16.5. The van der Waals surface area contributed by atoms with Crippen LogP contribution in [0.3, 0.4) is 0 Å². The average molecular weight is 623 g/mol. The van der Waals surface area contributed by atoms with Crippen molar-refractivity contribution in [2.45, 2.75) is 52.6 Å². The largest absolute Gasteiger partial charge is 0.466 e. The molecule has 240 valence electrons. The Bertz CT molecular complexity index is 1650. The molecule has 0 saturated heterocycles. The zero-order valence-corrected chi connectivity index (χ0v) is 27.4. The molecule has 0 aliphatic rings. The molecular formula is C38H42N2O6. The first-order valence-corrected chi connectivity index (χ1v) is 15.4. The second kappa shape index (κ2) is 15.8. The summed E-state index contributed by atoms with van der Waals surface area (Å²) in [6, 6.07) is 30.5. The minimum Gasteiger partial charge on any atom is -0.466 e. The first-order chi connectivity index (χ1) is 22.1. The minimum absolute atomic E-state index is 0.0518. The zero-order valence-electron chi connectivity index (χ0n) is 27.4. The number of carbonyl (C=O) groups excluding carboxylic acids is 3. The van der Waals surface area contributed by atoms with E-state index in [0.29, 0.717) is 42.3 Å². The standard InChI is InChI=1S/C38H42N2O6/c1-7-45-37(42)27(3)30-16-13-17-33(24-30)46-36-21-20-32(39(5)28(4)41)23-31(36)25-40(26(2)22-29-14-9-8-10-15-29)35-19-12-11-18-34(35)38(43)44-6/h8-21,23-24,26-27H,7,22,25H2,1-6H3/t26-,27?/m0/s1. The van der Waals surface area contributed by atoms with Crippen LogP contribution in [0.4, 0.5) is 11.4 Å². The Labute approximate surface area is 271 Å².